The van der Waals surface area contributed by atoms with E-state index in [0.717, 1.165) is 43.7 Å². The summed E-state index contributed by atoms with van der Waals surface area (Å²) in [5, 5.41) is 19.0. The topological polar surface area (TPSA) is 71.4 Å². The van der Waals surface area contributed by atoms with E-state index in [1.807, 2.05) is 0 Å². The van der Waals surface area contributed by atoms with Gasteiger partial charge in [-0.25, -0.2) is 0 Å². The zero-order valence-electron chi connectivity index (χ0n) is 12.6. The van der Waals surface area contributed by atoms with Gasteiger partial charge in [-0.05, 0) is 32.4 Å². The molecule has 6 nitrogen and oxygen atoms in total. The maximum Gasteiger partial charge on any atom is 0.0997 e. The number of hydrogen-bond acceptors (Lipinski definition) is 4. The van der Waals surface area contributed by atoms with E-state index in [1.54, 1.807) is 6.20 Å². The molecule has 110 valence electrons. The molecule has 1 atom stereocenters. The van der Waals surface area contributed by atoms with E-state index in [2.05, 4.69) is 57.3 Å². The summed E-state index contributed by atoms with van der Waals surface area (Å²) in [6.07, 6.45) is 4.74. The fourth-order valence-corrected chi connectivity index (χ4v) is 2.31. The van der Waals surface area contributed by atoms with Gasteiger partial charge in [0.05, 0.1) is 23.6 Å². The van der Waals surface area contributed by atoms with Crippen LogP contribution in [0.1, 0.15) is 50.3 Å². The Kier molecular flexibility index (Phi) is 5.29. The number of H-pyrrole nitrogens is 1. The second kappa shape index (κ2) is 7.19. The lowest BCUT2D eigenvalue weighted by atomic mass is 10.1. The third kappa shape index (κ3) is 3.45. The van der Waals surface area contributed by atoms with Gasteiger partial charge in [0.25, 0.3) is 0 Å². The van der Waals surface area contributed by atoms with E-state index in [9.17, 15) is 0 Å². The lowest BCUT2D eigenvalue weighted by molar-refractivity contribution is 0.492. The molecule has 2 aromatic heterocycles. The molecule has 2 heterocycles. The Hall–Kier alpha value is -1.69. The van der Waals surface area contributed by atoms with Gasteiger partial charge in [0.15, 0.2) is 0 Å². The largest absolute Gasteiger partial charge is 0.308 e. The minimum absolute atomic E-state index is 0.181. The van der Waals surface area contributed by atoms with Crippen molar-refractivity contribution in [1.82, 2.24) is 30.5 Å². The summed E-state index contributed by atoms with van der Waals surface area (Å²) < 4.78 is 2.08. The fourth-order valence-electron chi connectivity index (χ4n) is 2.31. The van der Waals surface area contributed by atoms with E-state index in [-0.39, 0.29) is 6.04 Å². The Bertz CT molecular complexity index is 502. The Balaban J connectivity index is 2.16. The van der Waals surface area contributed by atoms with Gasteiger partial charge in [0.2, 0.25) is 0 Å². The van der Waals surface area contributed by atoms with Gasteiger partial charge < -0.3 is 5.32 Å². The number of hydrogen-bond donors (Lipinski definition) is 2. The Morgan fingerprint density at radius 1 is 1.35 bits per heavy atom. The van der Waals surface area contributed by atoms with Crippen LogP contribution in [0.2, 0.25) is 0 Å². The molecule has 20 heavy (non-hydrogen) atoms. The van der Waals surface area contributed by atoms with Crippen LogP contribution in [0.15, 0.2) is 12.3 Å². The minimum atomic E-state index is 0.181. The monoisotopic (exact) mass is 276 g/mol. The van der Waals surface area contributed by atoms with Gasteiger partial charge in [-0.3, -0.25) is 4.68 Å². The van der Waals surface area contributed by atoms with Crippen LogP contribution in [0.25, 0.3) is 0 Å². The summed E-state index contributed by atoms with van der Waals surface area (Å²) >= 11 is 0. The highest BCUT2D eigenvalue weighted by atomic mass is 15.3. The van der Waals surface area contributed by atoms with E-state index < -0.39 is 0 Å². The van der Waals surface area contributed by atoms with Crippen LogP contribution < -0.4 is 5.32 Å². The predicted molar refractivity (Wildman–Crippen MR) is 78.4 cm³/mol. The van der Waals surface area contributed by atoms with Crippen LogP contribution >= 0.6 is 0 Å². The first kappa shape index (κ1) is 14.7. The molecule has 0 saturated carbocycles. The third-order valence-electron chi connectivity index (χ3n) is 3.42. The lowest BCUT2D eigenvalue weighted by Gasteiger charge is -2.16. The minimum Gasteiger partial charge on any atom is -0.308 e. The van der Waals surface area contributed by atoms with Crippen LogP contribution in [-0.4, -0.2) is 31.7 Å². The number of nitrogens with one attached hydrogen (secondary N) is 2. The molecule has 0 radical (unpaired) electrons. The summed E-state index contributed by atoms with van der Waals surface area (Å²) in [6, 6.07) is 2.38. The van der Waals surface area contributed by atoms with E-state index in [1.165, 1.54) is 5.69 Å². The molecular weight excluding hydrogens is 252 g/mol. The summed E-state index contributed by atoms with van der Waals surface area (Å²) in [5.74, 6) is 0. The molecule has 0 saturated heterocycles. The molecule has 0 aliphatic heterocycles. The second-order valence-electron chi connectivity index (χ2n) is 4.90. The number of aromatic amines is 1. The molecule has 0 aromatic carbocycles. The maximum absolute atomic E-state index is 4.61. The van der Waals surface area contributed by atoms with Gasteiger partial charge in [-0.1, -0.05) is 13.8 Å². The average molecular weight is 276 g/mol. The van der Waals surface area contributed by atoms with Crippen molar-refractivity contribution in [3.63, 3.8) is 0 Å². The van der Waals surface area contributed by atoms with Crippen molar-refractivity contribution in [1.29, 1.82) is 0 Å². The molecule has 0 amide bonds. The summed E-state index contributed by atoms with van der Waals surface area (Å²) in [4.78, 5) is 0. The van der Waals surface area contributed by atoms with Crippen LogP contribution in [0.4, 0.5) is 0 Å². The SMILES string of the molecule is CCCNC(Cc1cc(CC)nn1CC)c1cn[nH]n1. The first-order valence-electron chi connectivity index (χ1n) is 7.43. The van der Waals surface area contributed by atoms with Crippen molar-refractivity contribution in [2.45, 2.75) is 52.6 Å². The molecule has 0 bridgehead atoms. The van der Waals surface area contributed by atoms with Gasteiger partial charge in [-0.2, -0.15) is 20.5 Å². The quantitative estimate of drug-likeness (QED) is 0.772. The Morgan fingerprint density at radius 2 is 2.20 bits per heavy atom. The van der Waals surface area contributed by atoms with Gasteiger partial charge >= 0.3 is 0 Å². The van der Waals surface area contributed by atoms with Crippen LogP contribution in [0, 0.1) is 0 Å². The normalized spacial score (nSPS) is 12.8. The highest BCUT2D eigenvalue weighted by Gasteiger charge is 2.17. The zero-order chi connectivity index (χ0) is 14.4. The first-order valence-corrected chi connectivity index (χ1v) is 7.43. The molecule has 2 rings (SSSR count). The third-order valence-corrected chi connectivity index (χ3v) is 3.42. The Labute approximate surface area is 120 Å². The Morgan fingerprint density at radius 3 is 2.80 bits per heavy atom. The summed E-state index contributed by atoms with van der Waals surface area (Å²) in [5.41, 5.74) is 3.36. The molecule has 0 fully saturated rings. The van der Waals surface area contributed by atoms with Crippen molar-refractivity contribution in [2.75, 3.05) is 6.54 Å². The lowest BCUT2D eigenvalue weighted by Crippen LogP contribution is -2.25. The molecule has 0 aliphatic rings. The van der Waals surface area contributed by atoms with Gasteiger partial charge in [-0.15, -0.1) is 0 Å². The fraction of sp³-hybridized carbons (Fsp3) is 0.643. The van der Waals surface area contributed by atoms with E-state index in [4.69, 9.17) is 0 Å². The second-order valence-corrected chi connectivity index (χ2v) is 4.90. The van der Waals surface area contributed by atoms with Crippen molar-refractivity contribution in [2.24, 2.45) is 0 Å². The number of nitrogens with zero attached hydrogens (tertiary/aromatic N) is 4. The van der Waals surface area contributed by atoms with Crippen LogP contribution in [0.3, 0.4) is 0 Å². The standard InChI is InChI=1S/C14H24N6/c1-4-7-15-13(14-10-16-19-17-14)9-12-8-11(5-2)18-20(12)6-3/h8,10,13,15H,4-7,9H2,1-3H3,(H,16,17,19). The highest BCUT2D eigenvalue weighted by Crippen LogP contribution is 2.17. The van der Waals surface area contributed by atoms with Crippen LogP contribution in [0.5, 0.6) is 0 Å². The molecule has 0 aliphatic carbocycles. The molecule has 2 N–H and O–H groups in total. The molecule has 2 aromatic rings. The van der Waals surface area contributed by atoms with Crippen molar-refractivity contribution in [3.05, 3.63) is 29.3 Å². The summed E-state index contributed by atoms with van der Waals surface area (Å²) in [6.45, 7) is 8.29. The number of aromatic nitrogens is 5. The molecular formula is C14H24N6. The first-order chi connectivity index (χ1) is 9.78. The van der Waals surface area contributed by atoms with Crippen LogP contribution in [-0.2, 0) is 19.4 Å². The van der Waals surface area contributed by atoms with Crippen molar-refractivity contribution >= 4 is 0 Å². The maximum atomic E-state index is 4.61. The van der Waals surface area contributed by atoms with Gasteiger partial charge in [0.1, 0.15) is 0 Å². The number of rotatable bonds is 8. The van der Waals surface area contributed by atoms with E-state index >= 15 is 0 Å². The smallest absolute Gasteiger partial charge is 0.0997 e. The summed E-state index contributed by atoms with van der Waals surface area (Å²) in [7, 11) is 0. The molecule has 0 spiro atoms. The van der Waals surface area contributed by atoms with Crippen molar-refractivity contribution in [3.8, 4) is 0 Å². The van der Waals surface area contributed by atoms with Gasteiger partial charge in [0, 0.05) is 18.7 Å². The van der Waals surface area contributed by atoms with E-state index in [0.29, 0.717) is 0 Å². The van der Waals surface area contributed by atoms with Crippen molar-refractivity contribution < 1.29 is 0 Å². The number of aryl methyl sites for hydroxylation is 2. The molecule has 6 heteroatoms. The molecule has 1 unspecified atom stereocenters. The zero-order valence-corrected chi connectivity index (χ0v) is 12.6. The average Bonchev–Trinajstić information content (AvgIpc) is 3.12. The highest BCUT2D eigenvalue weighted by molar-refractivity contribution is 5.14. The predicted octanol–water partition coefficient (Wildman–Crippen LogP) is 1.87.